The summed E-state index contributed by atoms with van der Waals surface area (Å²) in [5.41, 5.74) is 0.916. The zero-order valence-electron chi connectivity index (χ0n) is 10.3. The molecule has 0 saturated carbocycles. The van der Waals surface area contributed by atoms with Gasteiger partial charge in [-0.2, -0.15) is 0 Å². The van der Waals surface area contributed by atoms with Gasteiger partial charge in [-0.05, 0) is 12.1 Å². The third-order valence-electron chi connectivity index (χ3n) is 2.10. The first kappa shape index (κ1) is 14.4. The van der Waals surface area contributed by atoms with E-state index in [0.29, 0.717) is 11.4 Å². The Morgan fingerprint density at radius 1 is 1.50 bits per heavy atom. The Bertz CT molecular complexity index is 528. The second kappa shape index (κ2) is 5.78. The summed E-state index contributed by atoms with van der Waals surface area (Å²) < 4.78 is 21.5. The predicted octanol–water partition coefficient (Wildman–Crippen LogP) is -0.516. The van der Waals surface area contributed by atoms with Crippen LogP contribution in [0.25, 0.3) is 0 Å². The van der Waals surface area contributed by atoms with Gasteiger partial charge in [0.2, 0.25) is 10.0 Å². The minimum atomic E-state index is -3.49. The van der Waals surface area contributed by atoms with Gasteiger partial charge in [-0.15, -0.1) is 0 Å². The molecule has 1 rings (SSSR count). The van der Waals surface area contributed by atoms with Gasteiger partial charge in [-0.3, -0.25) is 9.78 Å². The van der Waals surface area contributed by atoms with Gasteiger partial charge in [0.15, 0.2) is 0 Å². The van der Waals surface area contributed by atoms with Crippen LogP contribution >= 0.6 is 0 Å². The van der Waals surface area contributed by atoms with Crippen LogP contribution in [-0.2, 0) is 10.0 Å². The molecule has 0 spiro atoms. The maximum atomic E-state index is 11.6. The molecule has 8 heteroatoms. The number of nitrogens with zero attached hydrogens (tertiary/aromatic N) is 2. The van der Waals surface area contributed by atoms with Crippen molar-refractivity contribution in [1.82, 2.24) is 9.88 Å². The predicted molar refractivity (Wildman–Crippen MR) is 68.7 cm³/mol. The van der Waals surface area contributed by atoms with E-state index in [9.17, 15) is 13.2 Å². The van der Waals surface area contributed by atoms with Crippen molar-refractivity contribution in [2.24, 2.45) is 5.14 Å². The van der Waals surface area contributed by atoms with Crippen molar-refractivity contribution >= 4 is 21.6 Å². The van der Waals surface area contributed by atoms with Crippen LogP contribution in [0, 0.1) is 0 Å². The van der Waals surface area contributed by atoms with Crippen molar-refractivity contribution in [1.29, 1.82) is 0 Å². The Labute approximate surface area is 106 Å². The van der Waals surface area contributed by atoms with Gasteiger partial charge in [0, 0.05) is 32.5 Å². The Balaban J connectivity index is 2.68. The maximum absolute atomic E-state index is 11.6. The van der Waals surface area contributed by atoms with Crippen LogP contribution in [0.4, 0.5) is 5.69 Å². The molecule has 1 heterocycles. The third kappa shape index (κ3) is 4.68. The van der Waals surface area contributed by atoms with E-state index in [-0.39, 0.29) is 18.2 Å². The fraction of sp³-hybridized carbons (Fsp3) is 0.400. The average molecular weight is 272 g/mol. The van der Waals surface area contributed by atoms with E-state index in [2.05, 4.69) is 10.3 Å². The van der Waals surface area contributed by atoms with Crippen molar-refractivity contribution in [3.05, 3.63) is 24.0 Å². The normalized spacial score (nSPS) is 11.1. The molecule has 100 valence electrons. The summed E-state index contributed by atoms with van der Waals surface area (Å²) in [6.45, 7) is 0.179. The number of anilines is 1. The van der Waals surface area contributed by atoms with E-state index in [1.54, 1.807) is 26.2 Å². The van der Waals surface area contributed by atoms with Crippen LogP contribution in [0.3, 0.4) is 0 Å². The summed E-state index contributed by atoms with van der Waals surface area (Å²) in [5, 5.41) is 7.74. The minimum Gasteiger partial charge on any atom is -0.384 e. The van der Waals surface area contributed by atoms with Crippen LogP contribution in [0.2, 0.25) is 0 Å². The van der Waals surface area contributed by atoms with E-state index in [1.165, 1.54) is 11.1 Å². The molecule has 0 unspecified atom stereocenters. The maximum Gasteiger partial charge on any atom is 0.272 e. The molecule has 18 heavy (non-hydrogen) atoms. The number of carbonyl (C=O) groups is 1. The number of sulfonamides is 1. The number of carbonyl (C=O) groups excluding carboxylic acids is 1. The van der Waals surface area contributed by atoms with Gasteiger partial charge < -0.3 is 10.2 Å². The fourth-order valence-corrected chi connectivity index (χ4v) is 1.61. The second-order valence-electron chi connectivity index (χ2n) is 3.92. The lowest BCUT2D eigenvalue weighted by Crippen LogP contribution is -2.24. The Hall–Kier alpha value is -1.67. The topological polar surface area (TPSA) is 105 Å². The van der Waals surface area contributed by atoms with Crippen molar-refractivity contribution in [3.8, 4) is 0 Å². The number of pyridine rings is 1. The van der Waals surface area contributed by atoms with Gasteiger partial charge in [-0.25, -0.2) is 13.6 Å². The number of hydrogen-bond acceptors (Lipinski definition) is 5. The highest BCUT2D eigenvalue weighted by atomic mass is 32.2. The van der Waals surface area contributed by atoms with Crippen LogP contribution in [0.15, 0.2) is 18.3 Å². The van der Waals surface area contributed by atoms with E-state index < -0.39 is 10.0 Å². The van der Waals surface area contributed by atoms with Crippen molar-refractivity contribution in [2.75, 3.05) is 31.7 Å². The molecule has 0 aliphatic heterocycles. The lowest BCUT2D eigenvalue weighted by molar-refractivity contribution is 0.0822. The molecule has 0 fully saturated rings. The van der Waals surface area contributed by atoms with Gasteiger partial charge in [0.25, 0.3) is 5.91 Å². The summed E-state index contributed by atoms with van der Waals surface area (Å²) in [5.74, 6) is -0.392. The lowest BCUT2D eigenvalue weighted by Gasteiger charge is -2.11. The molecular weight excluding hydrogens is 256 g/mol. The zero-order chi connectivity index (χ0) is 13.8. The number of aromatic nitrogens is 1. The standard InChI is InChI=1S/C10H16N4O3S/c1-14(2)10(15)9-7-8(3-4-13-9)12-5-6-18(11,16)17/h3-4,7H,5-6H2,1-2H3,(H,12,13)(H2,11,16,17). The van der Waals surface area contributed by atoms with Gasteiger partial charge in [0.1, 0.15) is 5.69 Å². The molecule has 0 aromatic carbocycles. The lowest BCUT2D eigenvalue weighted by atomic mass is 10.3. The number of primary sulfonamides is 1. The molecule has 0 aliphatic rings. The van der Waals surface area contributed by atoms with Crippen LogP contribution in [0.5, 0.6) is 0 Å². The van der Waals surface area contributed by atoms with Gasteiger partial charge in [0.05, 0.1) is 5.75 Å². The quantitative estimate of drug-likeness (QED) is 0.750. The molecule has 0 saturated heterocycles. The number of amides is 1. The highest BCUT2D eigenvalue weighted by molar-refractivity contribution is 7.89. The largest absolute Gasteiger partial charge is 0.384 e. The summed E-state index contributed by atoms with van der Waals surface area (Å²) in [6.07, 6.45) is 1.48. The number of rotatable bonds is 5. The number of nitrogens with two attached hydrogens (primary N) is 1. The number of hydrogen-bond donors (Lipinski definition) is 2. The minimum absolute atomic E-state index is 0.174. The molecule has 1 aromatic rings. The molecule has 7 nitrogen and oxygen atoms in total. The first-order chi connectivity index (χ1) is 8.29. The van der Waals surface area contributed by atoms with E-state index >= 15 is 0 Å². The van der Waals surface area contributed by atoms with Crippen molar-refractivity contribution < 1.29 is 13.2 Å². The summed E-state index contributed by atoms with van der Waals surface area (Å²) in [7, 11) is -0.227. The first-order valence-electron chi connectivity index (χ1n) is 5.21. The van der Waals surface area contributed by atoms with E-state index in [1.807, 2.05) is 0 Å². The molecule has 3 N–H and O–H groups in total. The number of nitrogens with one attached hydrogen (secondary N) is 1. The van der Waals surface area contributed by atoms with Crippen LogP contribution < -0.4 is 10.5 Å². The molecule has 1 aromatic heterocycles. The van der Waals surface area contributed by atoms with E-state index in [4.69, 9.17) is 5.14 Å². The second-order valence-corrected chi connectivity index (χ2v) is 5.66. The monoisotopic (exact) mass is 272 g/mol. The Kier molecular flexibility index (Phi) is 4.62. The molecular formula is C10H16N4O3S. The van der Waals surface area contributed by atoms with Crippen LogP contribution in [-0.4, -0.2) is 50.6 Å². The summed E-state index contributed by atoms with van der Waals surface area (Å²) >= 11 is 0. The Morgan fingerprint density at radius 2 is 2.17 bits per heavy atom. The SMILES string of the molecule is CN(C)C(=O)c1cc(NCCS(N)(=O)=O)ccn1. The smallest absolute Gasteiger partial charge is 0.272 e. The Morgan fingerprint density at radius 3 is 2.72 bits per heavy atom. The third-order valence-corrected chi connectivity index (χ3v) is 2.87. The summed E-state index contributed by atoms with van der Waals surface area (Å²) in [4.78, 5) is 17.0. The molecule has 1 amide bonds. The molecule has 0 bridgehead atoms. The highest BCUT2D eigenvalue weighted by Gasteiger charge is 2.10. The van der Waals surface area contributed by atoms with Crippen molar-refractivity contribution in [3.63, 3.8) is 0 Å². The first-order valence-corrected chi connectivity index (χ1v) is 6.93. The average Bonchev–Trinajstić information content (AvgIpc) is 2.26. The van der Waals surface area contributed by atoms with E-state index in [0.717, 1.165) is 0 Å². The molecule has 0 atom stereocenters. The molecule has 0 aliphatic carbocycles. The zero-order valence-corrected chi connectivity index (χ0v) is 11.1. The fourth-order valence-electron chi connectivity index (χ4n) is 1.22. The highest BCUT2D eigenvalue weighted by Crippen LogP contribution is 2.08. The summed E-state index contributed by atoms with van der Waals surface area (Å²) in [6, 6.07) is 3.21. The van der Waals surface area contributed by atoms with Crippen molar-refractivity contribution in [2.45, 2.75) is 0 Å². The molecule has 0 radical (unpaired) electrons. The van der Waals surface area contributed by atoms with Gasteiger partial charge in [-0.1, -0.05) is 0 Å². The van der Waals surface area contributed by atoms with Gasteiger partial charge >= 0.3 is 0 Å². The van der Waals surface area contributed by atoms with Crippen LogP contribution in [0.1, 0.15) is 10.5 Å².